The smallest absolute Gasteiger partial charge is 0.146 e. The number of hydrogen-bond donors (Lipinski definition) is 1. The maximum atomic E-state index is 13.5. The largest absolute Gasteiger partial charge is 0.379 e. The summed E-state index contributed by atoms with van der Waals surface area (Å²) in [6, 6.07) is 5.07. The molecule has 1 aromatic rings. The Labute approximate surface area is 113 Å². The van der Waals surface area contributed by atoms with Crippen molar-refractivity contribution in [3.05, 3.63) is 34.6 Å². The molecular formula is C14H21ClFNO. The van der Waals surface area contributed by atoms with Crippen LogP contribution in [0.25, 0.3) is 0 Å². The normalized spacial score (nSPS) is 11.2. The van der Waals surface area contributed by atoms with Crippen molar-refractivity contribution in [2.45, 2.75) is 39.3 Å². The van der Waals surface area contributed by atoms with E-state index in [0.717, 1.165) is 26.0 Å². The predicted molar refractivity (Wildman–Crippen MR) is 73.4 cm³/mol. The Morgan fingerprint density at radius 1 is 1.33 bits per heavy atom. The van der Waals surface area contributed by atoms with E-state index in [1.807, 2.05) is 13.8 Å². The molecule has 0 heterocycles. The van der Waals surface area contributed by atoms with Crippen molar-refractivity contribution in [3.8, 4) is 0 Å². The second-order valence-corrected chi connectivity index (χ2v) is 4.92. The average molecular weight is 274 g/mol. The summed E-state index contributed by atoms with van der Waals surface area (Å²) in [5.74, 6) is -0.324. The number of nitrogens with one attached hydrogen (secondary N) is 1. The molecule has 102 valence electrons. The van der Waals surface area contributed by atoms with Gasteiger partial charge in [0.05, 0.1) is 11.1 Å². The summed E-state index contributed by atoms with van der Waals surface area (Å²) in [7, 11) is 0. The highest BCUT2D eigenvalue weighted by molar-refractivity contribution is 6.30. The first-order chi connectivity index (χ1) is 8.61. The van der Waals surface area contributed by atoms with Crippen LogP contribution >= 0.6 is 11.6 Å². The lowest BCUT2D eigenvalue weighted by molar-refractivity contribution is 0.0760. The molecule has 0 saturated heterocycles. The Morgan fingerprint density at radius 2 is 2.11 bits per heavy atom. The lowest BCUT2D eigenvalue weighted by Crippen LogP contribution is -2.16. The van der Waals surface area contributed by atoms with Crippen molar-refractivity contribution in [1.82, 2.24) is 5.32 Å². The van der Waals surface area contributed by atoms with Gasteiger partial charge in [0.2, 0.25) is 0 Å². The summed E-state index contributed by atoms with van der Waals surface area (Å²) in [5.41, 5.74) is 0.612. The lowest BCUT2D eigenvalue weighted by atomic mass is 10.2. The van der Waals surface area contributed by atoms with Crippen LogP contribution in [0.15, 0.2) is 18.2 Å². The van der Waals surface area contributed by atoms with E-state index in [-0.39, 0.29) is 10.8 Å². The number of halogens is 2. The number of ether oxygens (including phenoxy) is 1. The second kappa shape index (κ2) is 8.46. The Balaban J connectivity index is 2.13. The van der Waals surface area contributed by atoms with E-state index < -0.39 is 0 Å². The molecule has 0 fully saturated rings. The van der Waals surface area contributed by atoms with Crippen molar-refractivity contribution < 1.29 is 9.13 Å². The maximum absolute atomic E-state index is 13.5. The van der Waals surface area contributed by atoms with Gasteiger partial charge in [-0.15, -0.1) is 0 Å². The van der Waals surface area contributed by atoms with Crippen LogP contribution in [0, 0.1) is 5.82 Å². The molecule has 1 rings (SSSR count). The summed E-state index contributed by atoms with van der Waals surface area (Å²) < 4.78 is 19.0. The third kappa shape index (κ3) is 5.80. The fourth-order valence-corrected chi connectivity index (χ4v) is 1.77. The molecule has 0 aliphatic heterocycles. The molecule has 2 nitrogen and oxygen atoms in total. The Morgan fingerprint density at radius 3 is 2.83 bits per heavy atom. The highest BCUT2D eigenvalue weighted by Crippen LogP contribution is 2.17. The Kier molecular flexibility index (Phi) is 7.25. The van der Waals surface area contributed by atoms with Crippen molar-refractivity contribution in [1.29, 1.82) is 0 Å². The molecule has 1 N–H and O–H groups in total. The minimum atomic E-state index is -0.324. The standard InChI is InChI=1S/C14H21ClFNO/c1-11(2)18-9-4-3-8-17-10-12-6-5-7-13(15)14(12)16/h5-7,11,17H,3-4,8-10H2,1-2H3. The quantitative estimate of drug-likeness (QED) is 0.728. The third-order valence-corrected chi connectivity index (χ3v) is 2.84. The molecule has 18 heavy (non-hydrogen) atoms. The number of unbranched alkanes of at least 4 members (excludes halogenated alkanes) is 1. The van der Waals surface area contributed by atoms with Gasteiger partial charge >= 0.3 is 0 Å². The molecule has 0 saturated carbocycles. The topological polar surface area (TPSA) is 21.3 Å². The van der Waals surface area contributed by atoms with Crippen LogP contribution in [0.2, 0.25) is 5.02 Å². The van der Waals surface area contributed by atoms with Crippen LogP contribution in [-0.2, 0) is 11.3 Å². The van der Waals surface area contributed by atoms with Gasteiger partial charge in [-0.1, -0.05) is 23.7 Å². The first kappa shape index (κ1) is 15.4. The summed E-state index contributed by atoms with van der Waals surface area (Å²) in [5, 5.41) is 3.38. The van der Waals surface area contributed by atoms with Gasteiger partial charge in [0.1, 0.15) is 5.82 Å². The zero-order valence-electron chi connectivity index (χ0n) is 11.0. The Hall–Kier alpha value is -0.640. The SMILES string of the molecule is CC(C)OCCCCNCc1cccc(Cl)c1F. The van der Waals surface area contributed by atoms with E-state index in [2.05, 4.69) is 5.32 Å². The molecule has 1 aromatic carbocycles. The predicted octanol–water partition coefficient (Wildman–Crippen LogP) is 3.77. The zero-order chi connectivity index (χ0) is 13.4. The fraction of sp³-hybridized carbons (Fsp3) is 0.571. The Bertz CT molecular complexity index is 358. The van der Waals surface area contributed by atoms with Crippen LogP contribution in [0.4, 0.5) is 4.39 Å². The van der Waals surface area contributed by atoms with Crippen molar-refractivity contribution in [3.63, 3.8) is 0 Å². The molecule has 0 radical (unpaired) electrons. The van der Waals surface area contributed by atoms with Crippen LogP contribution in [0.1, 0.15) is 32.3 Å². The van der Waals surface area contributed by atoms with E-state index in [0.29, 0.717) is 18.2 Å². The molecular weight excluding hydrogens is 253 g/mol. The minimum absolute atomic E-state index is 0.180. The van der Waals surface area contributed by atoms with Crippen LogP contribution in [-0.4, -0.2) is 19.3 Å². The van der Waals surface area contributed by atoms with Crippen LogP contribution in [0.3, 0.4) is 0 Å². The molecule has 0 aliphatic carbocycles. The summed E-state index contributed by atoms with van der Waals surface area (Å²) in [6.07, 6.45) is 2.33. The van der Waals surface area contributed by atoms with Crippen molar-refractivity contribution in [2.75, 3.05) is 13.2 Å². The fourth-order valence-electron chi connectivity index (χ4n) is 1.58. The van der Waals surface area contributed by atoms with Gasteiger partial charge in [0.25, 0.3) is 0 Å². The van der Waals surface area contributed by atoms with E-state index in [1.165, 1.54) is 0 Å². The summed E-state index contributed by atoms with van der Waals surface area (Å²) >= 11 is 5.71. The van der Waals surface area contributed by atoms with Crippen molar-refractivity contribution in [2.24, 2.45) is 0 Å². The van der Waals surface area contributed by atoms with Gasteiger partial charge in [0.15, 0.2) is 0 Å². The van der Waals surface area contributed by atoms with Gasteiger partial charge in [0, 0.05) is 18.7 Å². The van der Waals surface area contributed by atoms with E-state index in [4.69, 9.17) is 16.3 Å². The van der Waals surface area contributed by atoms with E-state index in [1.54, 1.807) is 18.2 Å². The first-order valence-electron chi connectivity index (χ1n) is 6.36. The monoisotopic (exact) mass is 273 g/mol. The van der Waals surface area contributed by atoms with Gasteiger partial charge in [-0.3, -0.25) is 0 Å². The highest BCUT2D eigenvalue weighted by atomic mass is 35.5. The second-order valence-electron chi connectivity index (χ2n) is 4.52. The highest BCUT2D eigenvalue weighted by Gasteiger charge is 2.04. The summed E-state index contributed by atoms with van der Waals surface area (Å²) in [6.45, 7) is 6.20. The molecule has 0 unspecified atom stereocenters. The molecule has 0 atom stereocenters. The first-order valence-corrected chi connectivity index (χ1v) is 6.74. The van der Waals surface area contributed by atoms with Crippen LogP contribution < -0.4 is 5.32 Å². The van der Waals surface area contributed by atoms with Gasteiger partial charge in [-0.05, 0) is 39.3 Å². The van der Waals surface area contributed by atoms with Gasteiger partial charge in [-0.2, -0.15) is 0 Å². The molecule has 0 aliphatic rings. The van der Waals surface area contributed by atoms with Crippen LogP contribution in [0.5, 0.6) is 0 Å². The molecule has 0 bridgehead atoms. The molecule has 0 aromatic heterocycles. The number of hydrogen-bond acceptors (Lipinski definition) is 2. The third-order valence-electron chi connectivity index (χ3n) is 2.55. The minimum Gasteiger partial charge on any atom is -0.379 e. The van der Waals surface area contributed by atoms with Gasteiger partial charge in [-0.25, -0.2) is 4.39 Å². The number of rotatable bonds is 8. The van der Waals surface area contributed by atoms with E-state index in [9.17, 15) is 4.39 Å². The molecule has 0 spiro atoms. The lowest BCUT2D eigenvalue weighted by Gasteiger charge is -2.08. The number of benzene rings is 1. The molecule has 4 heteroatoms. The van der Waals surface area contributed by atoms with Gasteiger partial charge < -0.3 is 10.1 Å². The van der Waals surface area contributed by atoms with E-state index >= 15 is 0 Å². The zero-order valence-corrected chi connectivity index (χ0v) is 11.8. The average Bonchev–Trinajstić information content (AvgIpc) is 2.32. The molecule has 0 amide bonds. The van der Waals surface area contributed by atoms with Crippen molar-refractivity contribution >= 4 is 11.6 Å². The summed E-state index contributed by atoms with van der Waals surface area (Å²) in [4.78, 5) is 0. The maximum Gasteiger partial charge on any atom is 0.146 e.